The van der Waals surface area contributed by atoms with Crippen LogP contribution in [0.2, 0.25) is 0 Å². The van der Waals surface area contributed by atoms with Gasteiger partial charge in [-0.3, -0.25) is 0 Å². The third-order valence-corrected chi connectivity index (χ3v) is 6.23. The summed E-state index contributed by atoms with van der Waals surface area (Å²) in [6.07, 6.45) is 8.20. The third-order valence-electron chi connectivity index (χ3n) is 5.53. The van der Waals surface area contributed by atoms with Gasteiger partial charge in [0, 0.05) is 6.54 Å². The number of nitrogens with zero attached hydrogens (tertiary/aromatic N) is 2. The molecule has 136 valence electrons. The van der Waals surface area contributed by atoms with Crippen LogP contribution in [-0.2, 0) is 6.54 Å². The average molecular weight is 368 g/mol. The zero-order valence-electron chi connectivity index (χ0n) is 15.1. The van der Waals surface area contributed by atoms with E-state index in [1.165, 1.54) is 30.4 Å². The number of hydrogen-bond donors (Lipinski definition) is 1. The van der Waals surface area contributed by atoms with E-state index in [0.717, 1.165) is 30.8 Å². The largest absolute Gasteiger partial charge is 0.497 e. The molecule has 0 atom stereocenters. The van der Waals surface area contributed by atoms with E-state index < -0.39 is 0 Å². The van der Waals surface area contributed by atoms with Crippen molar-refractivity contribution in [1.29, 1.82) is 0 Å². The fraction of sp³-hybridized carbons (Fsp3) is 0.381. The monoisotopic (exact) mass is 367 g/mol. The van der Waals surface area contributed by atoms with Crippen molar-refractivity contribution in [2.45, 2.75) is 44.2 Å². The van der Waals surface area contributed by atoms with E-state index in [-0.39, 0.29) is 5.54 Å². The Balaban J connectivity index is 1.67. The lowest BCUT2D eigenvalue weighted by molar-refractivity contribution is 0.160. The van der Waals surface area contributed by atoms with Crippen LogP contribution in [0.25, 0.3) is 6.08 Å². The van der Waals surface area contributed by atoms with E-state index in [2.05, 4.69) is 39.9 Å². The second kappa shape index (κ2) is 7.16. The quantitative estimate of drug-likeness (QED) is 0.857. The van der Waals surface area contributed by atoms with Gasteiger partial charge in [0.15, 0.2) is 5.96 Å². The smallest absolute Gasteiger partial charge is 0.197 e. The Morgan fingerprint density at radius 2 is 1.96 bits per heavy atom. The fourth-order valence-electron chi connectivity index (χ4n) is 4.14. The Morgan fingerprint density at radius 1 is 1.19 bits per heavy atom. The summed E-state index contributed by atoms with van der Waals surface area (Å²) in [5, 5.41) is 4.28. The van der Waals surface area contributed by atoms with Crippen LogP contribution in [0, 0.1) is 0 Å². The van der Waals surface area contributed by atoms with Gasteiger partial charge in [-0.25, -0.2) is 4.99 Å². The molecule has 0 bridgehead atoms. The Morgan fingerprint density at radius 3 is 2.62 bits per heavy atom. The highest BCUT2D eigenvalue weighted by Crippen LogP contribution is 2.45. The number of ether oxygens (including phenoxy) is 1. The van der Waals surface area contributed by atoms with Crippen LogP contribution in [0.5, 0.6) is 5.75 Å². The number of methoxy groups -OCH3 is 1. The maximum absolute atomic E-state index is 6.42. The molecule has 2 heterocycles. The molecule has 2 aliphatic rings. The van der Waals surface area contributed by atoms with Crippen molar-refractivity contribution in [3.05, 3.63) is 57.9 Å². The summed E-state index contributed by atoms with van der Waals surface area (Å²) in [7, 11) is 1.69. The summed E-state index contributed by atoms with van der Waals surface area (Å²) in [6, 6.07) is 10.4. The number of benzene rings is 1. The average Bonchev–Trinajstić information content (AvgIpc) is 3.26. The minimum Gasteiger partial charge on any atom is -0.497 e. The molecule has 5 heteroatoms. The topological polar surface area (TPSA) is 50.9 Å². The summed E-state index contributed by atoms with van der Waals surface area (Å²) in [4.78, 5) is 7.14. The summed E-state index contributed by atoms with van der Waals surface area (Å²) in [6.45, 7) is 0.778. The van der Waals surface area contributed by atoms with Crippen molar-refractivity contribution in [2.24, 2.45) is 10.7 Å². The molecule has 0 amide bonds. The first-order valence-electron chi connectivity index (χ1n) is 9.20. The molecule has 1 aromatic carbocycles. The molecule has 0 radical (unpaired) electrons. The lowest BCUT2D eigenvalue weighted by Crippen LogP contribution is -2.51. The zero-order valence-corrected chi connectivity index (χ0v) is 16.0. The standard InChI is InChI=1S/C21H25N3OS/c1-25-18-7-5-16(6-8-18)14-24-20(22)23-19(13-17-9-12-26-15-17)21(24)10-3-2-4-11-21/h5-9,12-13,15H,2-4,10-11,14H2,1H3,(H2,22,23)/b19-13-. The normalized spacial score (nSPS) is 20.6. The predicted molar refractivity (Wildman–Crippen MR) is 108 cm³/mol. The van der Waals surface area contributed by atoms with Crippen LogP contribution >= 0.6 is 11.3 Å². The second-order valence-corrected chi connectivity index (χ2v) is 7.86. The molecule has 2 N–H and O–H groups in total. The number of rotatable bonds is 4. The summed E-state index contributed by atoms with van der Waals surface area (Å²) in [5.74, 6) is 1.52. The number of aliphatic imine (C=N–C) groups is 1. The Kier molecular flexibility index (Phi) is 4.72. The first-order chi connectivity index (χ1) is 12.7. The second-order valence-electron chi connectivity index (χ2n) is 7.08. The van der Waals surface area contributed by atoms with Crippen LogP contribution in [0.4, 0.5) is 0 Å². The molecule has 2 aromatic rings. The van der Waals surface area contributed by atoms with Crippen LogP contribution in [0.15, 0.2) is 51.8 Å². The van der Waals surface area contributed by atoms with Crippen LogP contribution in [0.1, 0.15) is 43.2 Å². The van der Waals surface area contributed by atoms with Crippen molar-refractivity contribution in [3.63, 3.8) is 0 Å². The highest BCUT2D eigenvalue weighted by molar-refractivity contribution is 7.08. The predicted octanol–water partition coefficient (Wildman–Crippen LogP) is 4.63. The van der Waals surface area contributed by atoms with E-state index in [1.807, 2.05) is 12.1 Å². The van der Waals surface area contributed by atoms with Crippen LogP contribution < -0.4 is 10.5 Å². The Bertz CT molecular complexity index is 802. The van der Waals surface area contributed by atoms with Crippen molar-refractivity contribution in [3.8, 4) is 5.75 Å². The van der Waals surface area contributed by atoms with Gasteiger partial charge in [-0.15, -0.1) is 0 Å². The molecule has 1 aromatic heterocycles. The van der Waals surface area contributed by atoms with E-state index >= 15 is 0 Å². The fourth-order valence-corrected chi connectivity index (χ4v) is 4.75. The van der Waals surface area contributed by atoms with Crippen molar-refractivity contribution in [1.82, 2.24) is 4.90 Å². The molecule has 0 unspecified atom stereocenters. The first-order valence-corrected chi connectivity index (χ1v) is 10.1. The number of hydrogen-bond acceptors (Lipinski definition) is 5. The highest BCUT2D eigenvalue weighted by atomic mass is 32.1. The van der Waals surface area contributed by atoms with Gasteiger partial charge in [0.25, 0.3) is 0 Å². The molecule has 1 fully saturated rings. The van der Waals surface area contributed by atoms with Gasteiger partial charge >= 0.3 is 0 Å². The van der Waals surface area contributed by atoms with Crippen molar-refractivity contribution >= 4 is 23.4 Å². The van der Waals surface area contributed by atoms with Gasteiger partial charge in [-0.05, 0) is 59.0 Å². The van der Waals surface area contributed by atoms with Crippen molar-refractivity contribution in [2.75, 3.05) is 7.11 Å². The van der Waals surface area contributed by atoms with E-state index in [9.17, 15) is 0 Å². The molecule has 1 aliphatic heterocycles. The number of nitrogens with two attached hydrogens (primary N) is 1. The molecule has 0 saturated heterocycles. The summed E-state index contributed by atoms with van der Waals surface area (Å²) in [5.41, 5.74) is 9.93. The summed E-state index contributed by atoms with van der Waals surface area (Å²) >= 11 is 1.72. The first kappa shape index (κ1) is 17.2. The molecule has 26 heavy (non-hydrogen) atoms. The van der Waals surface area contributed by atoms with Gasteiger partial charge in [-0.1, -0.05) is 31.4 Å². The lowest BCUT2D eigenvalue weighted by atomic mass is 9.78. The molecule has 4 nitrogen and oxygen atoms in total. The van der Waals surface area contributed by atoms with Gasteiger partial charge in [0.2, 0.25) is 0 Å². The third kappa shape index (κ3) is 3.12. The van der Waals surface area contributed by atoms with Gasteiger partial charge < -0.3 is 15.4 Å². The highest BCUT2D eigenvalue weighted by Gasteiger charge is 2.46. The minimum absolute atomic E-state index is 0.0653. The molecule has 1 aliphatic carbocycles. The molecular weight excluding hydrogens is 342 g/mol. The Labute approximate surface area is 159 Å². The maximum Gasteiger partial charge on any atom is 0.197 e. The lowest BCUT2D eigenvalue weighted by Gasteiger charge is -2.43. The van der Waals surface area contributed by atoms with Crippen molar-refractivity contribution < 1.29 is 4.74 Å². The molecule has 1 spiro atoms. The van der Waals surface area contributed by atoms with E-state index in [4.69, 9.17) is 15.5 Å². The maximum atomic E-state index is 6.42. The number of thiophene rings is 1. The van der Waals surface area contributed by atoms with Crippen LogP contribution in [0.3, 0.4) is 0 Å². The number of guanidine groups is 1. The zero-order chi connectivity index (χ0) is 18.0. The summed E-state index contributed by atoms with van der Waals surface area (Å²) < 4.78 is 5.28. The van der Waals surface area contributed by atoms with Gasteiger partial charge in [0.05, 0.1) is 18.3 Å². The molecular formula is C21H25N3OS. The molecule has 4 rings (SSSR count). The van der Waals surface area contributed by atoms with E-state index in [1.54, 1.807) is 18.4 Å². The van der Waals surface area contributed by atoms with Gasteiger partial charge in [0.1, 0.15) is 5.75 Å². The minimum atomic E-state index is -0.0653. The SMILES string of the molecule is COc1ccc(CN2C(N)=N/C(=C\c3ccsc3)C23CCCCC3)cc1. The molecule has 1 saturated carbocycles. The van der Waals surface area contributed by atoms with E-state index in [0.29, 0.717) is 5.96 Å². The van der Waals surface area contributed by atoms with Gasteiger partial charge in [-0.2, -0.15) is 11.3 Å². The Hall–Kier alpha value is -2.27. The van der Waals surface area contributed by atoms with Crippen LogP contribution in [-0.4, -0.2) is 23.5 Å².